The molecule has 0 atom stereocenters. The number of rotatable bonds is 4. The molecule has 0 fully saturated rings. The molecule has 110 valence electrons. The van der Waals surface area contributed by atoms with Gasteiger partial charge in [-0.2, -0.15) is 0 Å². The van der Waals surface area contributed by atoms with E-state index in [2.05, 4.69) is 20.8 Å². The number of aryl methyl sites for hydroxylation is 1. The molecule has 0 N–H and O–H groups in total. The molecule has 1 aromatic heterocycles. The molecular weight excluding hydrogens is 264 g/mol. The minimum atomic E-state index is -0.203. The van der Waals surface area contributed by atoms with E-state index in [1.807, 2.05) is 12.1 Å². The summed E-state index contributed by atoms with van der Waals surface area (Å²) in [7, 11) is 0. The van der Waals surface area contributed by atoms with Crippen LogP contribution in [0.5, 0.6) is 0 Å². The van der Waals surface area contributed by atoms with Gasteiger partial charge in [0, 0.05) is 5.56 Å². The zero-order chi connectivity index (χ0) is 15.6. The lowest BCUT2D eigenvalue weighted by Gasteiger charge is -2.18. The molecule has 0 bridgehead atoms. The third-order valence-corrected chi connectivity index (χ3v) is 3.55. The first-order chi connectivity index (χ1) is 9.79. The Bertz CT molecular complexity index is 655. The standard InChI is InChI=1S/C18H20O3/c1-12-15(9-10-21-12)17(20)11-16(19)13-5-7-14(8-6-13)18(2,3)4/h5-10H,11H2,1-4H3. The third kappa shape index (κ3) is 3.48. The van der Waals surface area contributed by atoms with Crippen molar-refractivity contribution in [2.45, 2.75) is 39.5 Å². The van der Waals surface area contributed by atoms with Crippen LogP contribution in [0.4, 0.5) is 0 Å². The highest BCUT2D eigenvalue weighted by Gasteiger charge is 2.18. The van der Waals surface area contributed by atoms with Crippen molar-refractivity contribution >= 4 is 11.6 Å². The van der Waals surface area contributed by atoms with Gasteiger partial charge in [-0.3, -0.25) is 9.59 Å². The molecule has 0 spiro atoms. The summed E-state index contributed by atoms with van der Waals surface area (Å²) in [6.07, 6.45) is 1.33. The normalized spacial score (nSPS) is 11.4. The number of benzene rings is 1. The summed E-state index contributed by atoms with van der Waals surface area (Å²) in [5.41, 5.74) is 2.26. The molecule has 0 saturated heterocycles. The number of carbonyl (C=O) groups excluding carboxylic acids is 2. The SMILES string of the molecule is Cc1occc1C(=O)CC(=O)c1ccc(C(C)(C)C)cc1. The molecule has 0 aliphatic rings. The molecule has 0 aliphatic heterocycles. The maximum Gasteiger partial charge on any atom is 0.174 e. The number of ketones is 2. The quantitative estimate of drug-likeness (QED) is 0.619. The van der Waals surface area contributed by atoms with E-state index in [-0.39, 0.29) is 23.4 Å². The Morgan fingerprint density at radius 2 is 1.62 bits per heavy atom. The van der Waals surface area contributed by atoms with Gasteiger partial charge in [-0.25, -0.2) is 0 Å². The van der Waals surface area contributed by atoms with Crippen molar-refractivity contribution in [3.63, 3.8) is 0 Å². The average Bonchev–Trinajstić information content (AvgIpc) is 2.84. The first-order valence-corrected chi connectivity index (χ1v) is 7.00. The smallest absolute Gasteiger partial charge is 0.174 e. The van der Waals surface area contributed by atoms with Crippen LogP contribution in [0.3, 0.4) is 0 Å². The van der Waals surface area contributed by atoms with Gasteiger partial charge >= 0.3 is 0 Å². The Morgan fingerprint density at radius 1 is 1.00 bits per heavy atom. The highest BCUT2D eigenvalue weighted by atomic mass is 16.3. The molecule has 2 rings (SSSR count). The number of Topliss-reactive ketones (excluding diaryl/α,β-unsaturated/α-hetero) is 2. The van der Waals surface area contributed by atoms with Crippen LogP contribution < -0.4 is 0 Å². The first-order valence-electron chi connectivity index (χ1n) is 7.00. The Labute approximate surface area is 125 Å². The summed E-state index contributed by atoms with van der Waals surface area (Å²) in [4.78, 5) is 24.2. The molecule has 21 heavy (non-hydrogen) atoms. The summed E-state index contributed by atoms with van der Waals surface area (Å²) in [6.45, 7) is 8.08. The van der Waals surface area contributed by atoms with Crippen LogP contribution in [-0.4, -0.2) is 11.6 Å². The molecule has 3 nitrogen and oxygen atoms in total. The fraction of sp³-hybridized carbons (Fsp3) is 0.333. The molecule has 0 radical (unpaired) electrons. The van der Waals surface area contributed by atoms with Crippen LogP contribution in [0.15, 0.2) is 41.0 Å². The van der Waals surface area contributed by atoms with Gasteiger partial charge in [0.1, 0.15) is 5.76 Å². The highest BCUT2D eigenvalue weighted by Crippen LogP contribution is 2.22. The zero-order valence-electron chi connectivity index (χ0n) is 12.9. The maximum absolute atomic E-state index is 12.2. The molecule has 1 heterocycles. The summed E-state index contributed by atoms with van der Waals surface area (Å²) in [5.74, 6) is 0.183. The largest absolute Gasteiger partial charge is 0.469 e. The topological polar surface area (TPSA) is 47.3 Å². The van der Waals surface area contributed by atoms with Crippen LogP contribution in [0.25, 0.3) is 0 Å². The van der Waals surface area contributed by atoms with E-state index in [0.29, 0.717) is 16.9 Å². The van der Waals surface area contributed by atoms with Crippen molar-refractivity contribution in [2.75, 3.05) is 0 Å². The fourth-order valence-corrected chi connectivity index (χ4v) is 2.17. The van der Waals surface area contributed by atoms with Crippen molar-refractivity contribution in [3.8, 4) is 0 Å². The second-order valence-electron chi connectivity index (χ2n) is 6.24. The lowest BCUT2D eigenvalue weighted by molar-refractivity contribution is 0.0893. The fourth-order valence-electron chi connectivity index (χ4n) is 2.17. The lowest BCUT2D eigenvalue weighted by atomic mass is 9.86. The number of hydrogen-bond acceptors (Lipinski definition) is 3. The van der Waals surface area contributed by atoms with Gasteiger partial charge in [-0.1, -0.05) is 45.0 Å². The second kappa shape index (κ2) is 5.68. The van der Waals surface area contributed by atoms with Crippen LogP contribution in [0.1, 0.15) is 59.2 Å². The van der Waals surface area contributed by atoms with Gasteiger partial charge < -0.3 is 4.42 Å². The molecular formula is C18H20O3. The Kier molecular flexibility index (Phi) is 4.12. The van der Waals surface area contributed by atoms with Crippen molar-refractivity contribution in [1.82, 2.24) is 0 Å². The van der Waals surface area contributed by atoms with E-state index < -0.39 is 0 Å². The third-order valence-electron chi connectivity index (χ3n) is 3.55. The van der Waals surface area contributed by atoms with Crippen molar-refractivity contribution in [2.24, 2.45) is 0 Å². The summed E-state index contributed by atoms with van der Waals surface area (Å²) in [6, 6.07) is 9.08. The first kappa shape index (κ1) is 15.2. The molecule has 2 aromatic rings. The van der Waals surface area contributed by atoms with Crippen LogP contribution in [0, 0.1) is 6.92 Å². The van der Waals surface area contributed by atoms with E-state index in [1.165, 1.54) is 6.26 Å². The molecule has 3 heteroatoms. The van der Waals surface area contributed by atoms with Crippen LogP contribution >= 0.6 is 0 Å². The maximum atomic E-state index is 12.2. The second-order valence-corrected chi connectivity index (χ2v) is 6.24. The number of hydrogen-bond donors (Lipinski definition) is 0. The molecule has 0 aliphatic carbocycles. The Morgan fingerprint density at radius 3 is 2.10 bits per heavy atom. The Balaban J connectivity index is 2.11. The highest BCUT2D eigenvalue weighted by molar-refractivity contribution is 6.13. The van der Waals surface area contributed by atoms with Gasteiger partial charge in [0.15, 0.2) is 11.6 Å². The molecule has 0 unspecified atom stereocenters. The zero-order valence-corrected chi connectivity index (χ0v) is 12.9. The minimum absolute atomic E-state index is 0.0469. The molecule has 0 amide bonds. The van der Waals surface area contributed by atoms with E-state index >= 15 is 0 Å². The number of furan rings is 1. The summed E-state index contributed by atoms with van der Waals surface area (Å²) >= 11 is 0. The summed E-state index contributed by atoms with van der Waals surface area (Å²) < 4.78 is 5.09. The van der Waals surface area contributed by atoms with E-state index in [9.17, 15) is 9.59 Å². The van der Waals surface area contributed by atoms with Gasteiger partial charge in [0.25, 0.3) is 0 Å². The Hall–Kier alpha value is -2.16. The van der Waals surface area contributed by atoms with E-state index in [0.717, 1.165) is 5.56 Å². The number of carbonyl (C=O) groups is 2. The molecule has 1 aromatic carbocycles. The van der Waals surface area contributed by atoms with Crippen LogP contribution in [0.2, 0.25) is 0 Å². The lowest BCUT2D eigenvalue weighted by Crippen LogP contribution is -2.12. The van der Waals surface area contributed by atoms with Gasteiger partial charge in [-0.15, -0.1) is 0 Å². The van der Waals surface area contributed by atoms with E-state index in [4.69, 9.17) is 4.42 Å². The predicted molar refractivity (Wildman–Crippen MR) is 81.9 cm³/mol. The van der Waals surface area contributed by atoms with Gasteiger partial charge in [0.2, 0.25) is 0 Å². The predicted octanol–water partition coefficient (Wildman–Crippen LogP) is 4.34. The van der Waals surface area contributed by atoms with Gasteiger partial charge in [0.05, 0.1) is 18.2 Å². The summed E-state index contributed by atoms with van der Waals surface area (Å²) in [5, 5.41) is 0. The average molecular weight is 284 g/mol. The van der Waals surface area contributed by atoms with E-state index in [1.54, 1.807) is 25.1 Å². The monoisotopic (exact) mass is 284 g/mol. The van der Waals surface area contributed by atoms with Crippen molar-refractivity contribution in [3.05, 3.63) is 59.0 Å². The van der Waals surface area contributed by atoms with Gasteiger partial charge in [-0.05, 0) is 24.0 Å². The molecule has 0 saturated carbocycles. The minimum Gasteiger partial charge on any atom is -0.469 e. The van der Waals surface area contributed by atoms with Crippen LogP contribution in [-0.2, 0) is 5.41 Å². The van der Waals surface area contributed by atoms with Crippen molar-refractivity contribution < 1.29 is 14.0 Å². The van der Waals surface area contributed by atoms with Crippen molar-refractivity contribution in [1.29, 1.82) is 0 Å².